The fraction of sp³-hybridized carbons (Fsp3) is 0.636. The molecule has 0 saturated heterocycles. The van der Waals surface area contributed by atoms with E-state index in [-0.39, 0.29) is 18.4 Å². The molecule has 0 aromatic heterocycles. The molecular formula is C11H17NO5. The summed E-state index contributed by atoms with van der Waals surface area (Å²) in [6.45, 7) is 5.44. The van der Waals surface area contributed by atoms with Crippen LogP contribution in [0.1, 0.15) is 20.8 Å². The predicted octanol–water partition coefficient (Wildman–Crippen LogP) is 0.631. The summed E-state index contributed by atoms with van der Waals surface area (Å²) in [5.74, 6) is -0.757. The number of rotatable bonds is 5. The first-order valence-corrected chi connectivity index (χ1v) is 5.24. The zero-order valence-electron chi connectivity index (χ0n) is 10.4. The number of hydrogen-bond donors (Lipinski definition) is 0. The number of nitrogens with zero attached hydrogens (tertiary/aromatic N) is 1. The first-order chi connectivity index (χ1) is 7.83. The molecule has 1 unspecified atom stereocenters. The maximum Gasteiger partial charge on any atom is 0.253 e. The van der Waals surface area contributed by atoms with Crippen LogP contribution < -0.4 is 0 Å². The zero-order valence-corrected chi connectivity index (χ0v) is 10.4. The summed E-state index contributed by atoms with van der Waals surface area (Å²) in [6, 6.07) is 0. The molecule has 96 valence electrons. The molecule has 0 fully saturated rings. The van der Waals surface area contributed by atoms with Crippen molar-refractivity contribution in [2.24, 2.45) is 0 Å². The van der Waals surface area contributed by atoms with Crippen LogP contribution in [0.15, 0.2) is 12.2 Å². The number of ether oxygens (including phenoxy) is 1. The molecule has 1 aliphatic heterocycles. The van der Waals surface area contributed by atoms with Crippen LogP contribution in [0.3, 0.4) is 0 Å². The van der Waals surface area contributed by atoms with Crippen molar-refractivity contribution in [1.82, 2.24) is 4.90 Å². The van der Waals surface area contributed by atoms with Gasteiger partial charge in [0.25, 0.3) is 11.8 Å². The smallest absolute Gasteiger partial charge is 0.253 e. The second-order valence-corrected chi connectivity index (χ2v) is 4.58. The van der Waals surface area contributed by atoms with Crippen molar-refractivity contribution in [1.29, 1.82) is 0 Å². The van der Waals surface area contributed by atoms with E-state index in [1.807, 2.05) is 20.8 Å². The molecule has 0 radical (unpaired) electrons. The zero-order chi connectivity index (χ0) is 13.1. The lowest BCUT2D eigenvalue weighted by atomic mass is 10.2. The van der Waals surface area contributed by atoms with Crippen molar-refractivity contribution >= 4 is 11.8 Å². The number of carbonyl (C=O) groups excluding carboxylic acids is 2. The largest absolute Gasteiger partial charge is 0.352 e. The minimum absolute atomic E-state index is 0.00273. The van der Waals surface area contributed by atoms with E-state index in [0.29, 0.717) is 0 Å². The Morgan fingerprint density at radius 1 is 1.24 bits per heavy atom. The summed E-state index contributed by atoms with van der Waals surface area (Å²) >= 11 is 0. The Morgan fingerprint density at radius 3 is 2.18 bits per heavy atom. The van der Waals surface area contributed by atoms with Gasteiger partial charge in [0, 0.05) is 19.3 Å². The summed E-state index contributed by atoms with van der Waals surface area (Å²) < 4.78 is 4.98. The standard InChI is InChI=1S/C11H17NO5/c1-11(2,3)17-16-10(15-4)7-12-8(13)5-6-9(12)14/h5-6,10H,7H2,1-4H3. The maximum atomic E-state index is 11.3. The van der Waals surface area contributed by atoms with Crippen LogP contribution in [0.5, 0.6) is 0 Å². The number of methoxy groups -OCH3 is 1. The minimum atomic E-state index is -0.804. The molecule has 1 heterocycles. The van der Waals surface area contributed by atoms with Crippen LogP contribution in [-0.4, -0.2) is 42.3 Å². The topological polar surface area (TPSA) is 65.1 Å². The van der Waals surface area contributed by atoms with E-state index in [1.165, 1.54) is 19.3 Å². The molecule has 0 saturated carbocycles. The van der Waals surface area contributed by atoms with Gasteiger partial charge in [-0.25, -0.2) is 9.78 Å². The predicted molar refractivity (Wildman–Crippen MR) is 58.6 cm³/mol. The number of carbonyl (C=O) groups is 2. The third-order valence-corrected chi connectivity index (χ3v) is 1.90. The first-order valence-electron chi connectivity index (χ1n) is 5.24. The number of hydrogen-bond acceptors (Lipinski definition) is 5. The quantitative estimate of drug-likeness (QED) is 0.307. The third-order valence-electron chi connectivity index (χ3n) is 1.90. The lowest BCUT2D eigenvalue weighted by Gasteiger charge is -2.24. The van der Waals surface area contributed by atoms with Gasteiger partial charge in [-0.15, -0.1) is 0 Å². The molecule has 0 aromatic rings. The van der Waals surface area contributed by atoms with E-state index in [4.69, 9.17) is 14.5 Å². The Bertz CT molecular complexity index is 313. The summed E-state index contributed by atoms with van der Waals surface area (Å²) in [7, 11) is 1.41. The Morgan fingerprint density at radius 2 is 1.76 bits per heavy atom. The number of amides is 2. The average molecular weight is 243 g/mol. The molecule has 1 aliphatic rings. The van der Waals surface area contributed by atoms with Gasteiger partial charge in [-0.3, -0.25) is 14.5 Å². The molecule has 0 aromatic carbocycles. The Kier molecular flexibility index (Phi) is 4.39. The highest BCUT2D eigenvalue weighted by Crippen LogP contribution is 2.12. The van der Waals surface area contributed by atoms with Gasteiger partial charge in [-0.2, -0.15) is 0 Å². The van der Waals surface area contributed by atoms with Crippen molar-refractivity contribution in [3.05, 3.63) is 12.2 Å². The maximum absolute atomic E-state index is 11.3. The molecule has 2 amide bonds. The molecule has 17 heavy (non-hydrogen) atoms. The average Bonchev–Trinajstić information content (AvgIpc) is 2.53. The second-order valence-electron chi connectivity index (χ2n) is 4.58. The summed E-state index contributed by atoms with van der Waals surface area (Å²) in [5, 5.41) is 0. The van der Waals surface area contributed by atoms with Gasteiger partial charge in [0.05, 0.1) is 12.1 Å². The fourth-order valence-corrected chi connectivity index (χ4v) is 1.10. The molecule has 0 bridgehead atoms. The van der Waals surface area contributed by atoms with Gasteiger partial charge in [-0.1, -0.05) is 0 Å². The van der Waals surface area contributed by atoms with E-state index in [2.05, 4.69) is 0 Å². The minimum Gasteiger partial charge on any atom is -0.352 e. The molecule has 0 N–H and O–H groups in total. The SMILES string of the molecule is COC(CN1C(=O)C=CC1=O)OOC(C)(C)C. The fourth-order valence-electron chi connectivity index (χ4n) is 1.10. The van der Waals surface area contributed by atoms with Crippen LogP contribution in [0, 0.1) is 0 Å². The molecular weight excluding hydrogens is 226 g/mol. The number of imide groups is 1. The Labute approximate surface area is 100 Å². The molecule has 0 aliphatic carbocycles. The molecule has 1 rings (SSSR count). The lowest BCUT2D eigenvalue weighted by Crippen LogP contribution is -2.40. The van der Waals surface area contributed by atoms with Crippen molar-refractivity contribution in [3.63, 3.8) is 0 Å². The van der Waals surface area contributed by atoms with E-state index in [1.54, 1.807) is 0 Å². The summed E-state index contributed by atoms with van der Waals surface area (Å²) in [5.41, 5.74) is -0.492. The normalized spacial score (nSPS) is 18.0. The van der Waals surface area contributed by atoms with Crippen LogP contribution in [0.2, 0.25) is 0 Å². The van der Waals surface area contributed by atoms with Crippen LogP contribution >= 0.6 is 0 Å². The molecule has 0 spiro atoms. The van der Waals surface area contributed by atoms with Gasteiger partial charge in [-0.05, 0) is 20.8 Å². The van der Waals surface area contributed by atoms with Crippen molar-refractivity contribution in [2.75, 3.05) is 13.7 Å². The Balaban J connectivity index is 2.47. The van der Waals surface area contributed by atoms with Gasteiger partial charge in [0.1, 0.15) is 0 Å². The second kappa shape index (κ2) is 5.39. The van der Waals surface area contributed by atoms with Gasteiger partial charge < -0.3 is 4.74 Å². The highest BCUT2D eigenvalue weighted by molar-refractivity contribution is 6.12. The van der Waals surface area contributed by atoms with Gasteiger partial charge in [0.15, 0.2) is 0 Å². The highest BCUT2D eigenvalue weighted by atomic mass is 17.2. The van der Waals surface area contributed by atoms with Crippen molar-refractivity contribution in [3.8, 4) is 0 Å². The molecule has 6 heteroatoms. The van der Waals surface area contributed by atoms with Crippen molar-refractivity contribution in [2.45, 2.75) is 32.7 Å². The summed E-state index contributed by atoms with van der Waals surface area (Å²) in [4.78, 5) is 33.7. The van der Waals surface area contributed by atoms with E-state index >= 15 is 0 Å². The monoisotopic (exact) mass is 243 g/mol. The van der Waals surface area contributed by atoms with Gasteiger partial charge in [0.2, 0.25) is 6.29 Å². The van der Waals surface area contributed by atoms with E-state index in [9.17, 15) is 9.59 Å². The Hall–Kier alpha value is -1.24. The summed E-state index contributed by atoms with van der Waals surface area (Å²) in [6.07, 6.45) is 1.61. The van der Waals surface area contributed by atoms with Crippen LogP contribution in [-0.2, 0) is 24.1 Å². The lowest BCUT2D eigenvalue weighted by molar-refractivity contribution is -0.412. The van der Waals surface area contributed by atoms with E-state index < -0.39 is 11.9 Å². The first kappa shape index (κ1) is 13.8. The highest BCUT2D eigenvalue weighted by Gasteiger charge is 2.28. The van der Waals surface area contributed by atoms with Crippen LogP contribution in [0.25, 0.3) is 0 Å². The van der Waals surface area contributed by atoms with Gasteiger partial charge >= 0.3 is 0 Å². The third kappa shape index (κ3) is 4.26. The van der Waals surface area contributed by atoms with E-state index in [0.717, 1.165) is 4.90 Å². The van der Waals surface area contributed by atoms with Crippen molar-refractivity contribution < 1.29 is 24.1 Å². The molecule has 1 atom stereocenters. The van der Waals surface area contributed by atoms with Crippen LogP contribution in [0.4, 0.5) is 0 Å². The molecule has 6 nitrogen and oxygen atoms in total.